The first-order chi connectivity index (χ1) is 15.5. The van der Waals surface area contributed by atoms with E-state index in [-0.39, 0.29) is 5.41 Å². The van der Waals surface area contributed by atoms with E-state index in [1.165, 1.54) is 11.1 Å². The molecule has 4 rings (SSSR count). The van der Waals surface area contributed by atoms with Crippen LogP contribution in [0, 0.1) is 0 Å². The van der Waals surface area contributed by atoms with Gasteiger partial charge in [0.1, 0.15) is 11.5 Å². The second kappa shape index (κ2) is 9.45. The molecule has 3 aromatic rings. The standard InChI is InChI=1S/C27H29NO4/c1-31-24-12-8-22(9-13-24)27(23-10-14-25(32-2)15-11-23)16-3-17-28(19-27)18-20-4-6-21(7-5-20)26(29)30/h4-15H,3,16-19H2,1-2H3,(H,29,30). The van der Waals surface area contributed by atoms with Crippen molar-refractivity contribution in [1.29, 1.82) is 0 Å². The molecule has 1 aliphatic heterocycles. The Hall–Kier alpha value is -3.31. The summed E-state index contributed by atoms with van der Waals surface area (Å²) < 4.78 is 10.8. The van der Waals surface area contributed by atoms with Crippen molar-refractivity contribution in [3.63, 3.8) is 0 Å². The summed E-state index contributed by atoms with van der Waals surface area (Å²) in [5, 5.41) is 9.16. The largest absolute Gasteiger partial charge is 0.497 e. The average Bonchev–Trinajstić information content (AvgIpc) is 2.84. The molecule has 1 N–H and O–H groups in total. The van der Waals surface area contributed by atoms with E-state index in [1.54, 1.807) is 26.4 Å². The predicted molar refractivity (Wildman–Crippen MR) is 125 cm³/mol. The number of aromatic carboxylic acids is 1. The maximum atomic E-state index is 11.2. The fraction of sp³-hybridized carbons (Fsp3) is 0.296. The molecule has 0 aliphatic carbocycles. The van der Waals surface area contributed by atoms with Gasteiger partial charge in [0.05, 0.1) is 19.8 Å². The van der Waals surface area contributed by atoms with E-state index >= 15 is 0 Å². The molecule has 166 valence electrons. The molecule has 1 heterocycles. The Balaban J connectivity index is 1.65. The van der Waals surface area contributed by atoms with Crippen molar-refractivity contribution in [1.82, 2.24) is 4.90 Å². The highest BCUT2D eigenvalue weighted by atomic mass is 16.5. The van der Waals surface area contributed by atoms with E-state index in [0.717, 1.165) is 49.5 Å². The van der Waals surface area contributed by atoms with Crippen molar-refractivity contribution in [3.8, 4) is 11.5 Å². The number of benzene rings is 3. The number of carbonyl (C=O) groups is 1. The highest BCUT2D eigenvalue weighted by Crippen LogP contribution is 2.41. The quantitative estimate of drug-likeness (QED) is 0.572. The Morgan fingerprint density at radius 1 is 0.875 bits per heavy atom. The Morgan fingerprint density at radius 2 is 1.41 bits per heavy atom. The third kappa shape index (κ3) is 4.48. The summed E-state index contributed by atoms with van der Waals surface area (Å²) in [6.07, 6.45) is 2.13. The van der Waals surface area contributed by atoms with Crippen molar-refractivity contribution in [2.75, 3.05) is 27.3 Å². The van der Waals surface area contributed by atoms with E-state index in [9.17, 15) is 4.79 Å². The van der Waals surface area contributed by atoms with Crippen LogP contribution in [0.2, 0.25) is 0 Å². The molecule has 0 saturated carbocycles. The zero-order valence-corrected chi connectivity index (χ0v) is 18.6. The minimum absolute atomic E-state index is 0.141. The van der Waals surface area contributed by atoms with E-state index in [2.05, 4.69) is 29.2 Å². The van der Waals surface area contributed by atoms with Crippen LogP contribution in [-0.4, -0.2) is 43.3 Å². The number of piperidine rings is 1. The third-order valence-electron chi connectivity index (χ3n) is 6.46. The van der Waals surface area contributed by atoms with Crippen molar-refractivity contribution < 1.29 is 19.4 Å². The monoisotopic (exact) mass is 431 g/mol. The molecule has 0 amide bonds. The van der Waals surface area contributed by atoms with Gasteiger partial charge in [-0.2, -0.15) is 0 Å². The molecule has 1 aliphatic rings. The SMILES string of the molecule is COc1ccc(C2(c3ccc(OC)cc3)CCCN(Cc3ccc(C(=O)O)cc3)C2)cc1. The predicted octanol–water partition coefficient (Wildman–Crippen LogP) is 4.98. The Kier molecular flexibility index (Phi) is 6.47. The zero-order chi connectivity index (χ0) is 22.6. The van der Waals surface area contributed by atoms with Crippen molar-refractivity contribution in [2.24, 2.45) is 0 Å². The van der Waals surface area contributed by atoms with E-state index in [1.807, 2.05) is 36.4 Å². The van der Waals surface area contributed by atoms with Gasteiger partial charge in [-0.1, -0.05) is 36.4 Å². The van der Waals surface area contributed by atoms with Crippen molar-refractivity contribution in [3.05, 3.63) is 95.1 Å². The lowest BCUT2D eigenvalue weighted by Gasteiger charge is -2.44. The number of hydrogen-bond acceptors (Lipinski definition) is 4. The molecule has 1 saturated heterocycles. The summed E-state index contributed by atoms with van der Waals surface area (Å²) in [5.74, 6) is 0.808. The second-order valence-corrected chi connectivity index (χ2v) is 8.36. The maximum Gasteiger partial charge on any atom is 0.335 e. The summed E-state index contributed by atoms with van der Waals surface area (Å²) in [6.45, 7) is 2.68. The molecule has 0 unspecified atom stereocenters. The number of methoxy groups -OCH3 is 2. The molecule has 1 fully saturated rings. The fourth-order valence-corrected chi connectivity index (χ4v) is 4.75. The summed E-state index contributed by atoms with van der Waals surface area (Å²) >= 11 is 0. The minimum atomic E-state index is -0.896. The molecule has 0 bridgehead atoms. The van der Waals surface area contributed by atoms with Gasteiger partial charge in [0.25, 0.3) is 0 Å². The molecule has 0 radical (unpaired) electrons. The van der Waals surface area contributed by atoms with Crippen molar-refractivity contribution in [2.45, 2.75) is 24.8 Å². The van der Waals surface area contributed by atoms with E-state index in [4.69, 9.17) is 14.6 Å². The first-order valence-electron chi connectivity index (χ1n) is 10.9. The summed E-state index contributed by atoms with van der Waals surface area (Å²) in [6, 6.07) is 24.0. The van der Waals surface area contributed by atoms with Crippen LogP contribution in [-0.2, 0) is 12.0 Å². The first-order valence-corrected chi connectivity index (χ1v) is 10.9. The fourth-order valence-electron chi connectivity index (χ4n) is 4.75. The molecule has 32 heavy (non-hydrogen) atoms. The maximum absolute atomic E-state index is 11.2. The number of carboxylic acids is 1. The molecule has 0 atom stereocenters. The Labute approximate surface area is 189 Å². The van der Waals surface area contributed by atoms with E-state index < -0.39 is 5.97 Å². The topological polar surface area (TPSA) is 59.0 Å². The summed E-state index contributed by atoms with van der Waals surface area (Å²) in [7, 11) is 3.37. The second-order valence-electron chi connectivity index (χ2n) is 8.36. The molecule has 5 heteroatoms. The third-order valence-corrected chi connectivity index (χ3v) is 6.46. The molecular weight excluding hydrogens is 402 g/mol. The first kappa shape index (κ1) is 21.9. The van der Waals surface area contributed by atoms with Crippen LogP contribution in [0.3, 0.4) is 0 Å². The van der Waals surface area contributed by atoms with Crippen LogP contribution in [0.1, 0.15) is 39.9 Å². The number of likely N-dealkylation sites (tertiary alicyclic amines) is 1. The minimum Gasteiger partial charge on any atom is -0.497 e. The Bertz CT molecular complexity index is 995. The van der Waals surface area contributed by atoms with Gasteiger partial charge in [0.2, 0.25) is 0 Å². The van der Waals surface area contributed by atoms with Gasteiger partial charge in [-0.05, 0) is 72.5 Å². The Morgan fingerprint density at radius 3 is 1.88 bits per heavy atom. The number of nitrogens with zero attached hydrogens (tertiary/aromatic N) is 1. The van der Waals surface area contributed by atoms with Gasteiger partial charge in [0, 0.05) is 18.5 Å². The van der Waals surface area contributed by atoms with Gasteiger partial charge in [-0.15, -0.1) is 0 Å². The van der Waals surface area contributed by atoms with Gasteiger partial charge >= 0.3 is 5.97 Å². The summed E-state index contributed by atoms with van der Waals surface area (Å²) in [4.78, 5) is 13.6. The lowest BCUT2D eigenvalue weighted by atomic mass is 9.69. The number of ether oxygens (including phenoxy) is 2. The average molecular weight is 432 g/mol. The van der Waals surface area contributed by atoms with Crippen molar-refractivity contribution >= 4 is 5.97 Å². The van der Waals surface area contributed by atoms with Crippen LogP contribution in [0.25, 0.3) is 0 Å². The highest BCUT2D eigenvalue weighted by molar-refractivity contribution is 5.87. The van der Waals surface area contributed by atoms with E-state index in [0.29, 0.717) is 5.56 Å². The van der Waals surface area contributed by atoms with Crippen LogP contribution in [0.15, 0.2) is 72.8 Å². The van der Waals surface area contributed by atoms with Gasteiger partial charge < -0.3 is 14.6 Å². The number of rotatable bonds is 7. The molecule has 5 nitrogen and oxygen atoms in total. The highest BCUT2D eigenvalue weighted by Gasteiger charge is 2.38. The zero-order valence-electron chi connectivity index (χ0n) is 18.6. The van der Waals surface area contributed by atoms with Crippen LogP contribution < -0.4 is 9.47 Å². The molecule has 0 aromatic heterocycles. The number of hydrogen-bond donors (Lipinski definition) is 1. The van der Waals surface area contributed by atoms with Gasteiger partial charge in [-0.3, -0.25) is 4.90 Å². The molecule has 0 spiro atoms. The number of carboxylic acid groups (broad SMARTS) is 1. The molecule has 3 aromatic carbocycles. The van der Waals surface area contributed by atoms with Gasteiger partial charge in [-0.25, -0.2) is 4.79 Å². The lowest BCUT2D eigenvalue weighted by molar-refractivity contribution is 0.0697. The van der Waals surface area contributed by atoms with Gasteiger partial charge in [0.15, 0.2) is 0 Å². The smallest absolute Gasteiger partial charge is 0.335 e. The van der Waals surface area contributed by atoms with Crippen LogP contribution in [0.5, 0.6) is 11.5 Å². The van der Waals surface area contributed by atoms with Crippen LogP contribution >= 0.6 is 0 Å². The summed E-state index contributed by atoms with van der Waals surface area (Å²) in [5.41, 5.74) is 3.84. The lowest BCUT2D eigenvalue weighted by Crippen LogP contribution is -2.46. The normalized spacial score (nSPS) is 15.8. The van der Waals surface area contributed by atoms with Crippen LogP contribution in [0.4, 0.5) is 0 Å². The molecular formula is C27H29NO4.